The van der Waals surface area contributed by atoms with E-state index >= 15 is 0 Å². The molecule has 4 aromatic heterocycles. The molecule has 0 aliphatic carbocycles. The molecule has 4 heterocycles. The van der Waals surface area contributed by atoms with Crippen LogP contribution in [0.25, 0.3) is 138 Å². The molecule has 68 heavy (non-hydrogen) atoms. The van der Waals surface area contributed by atoms with Crippen LogP contribution in [0.2, 0.25) is 0 Å². The summed E-state index contributed by atoms with van der Waals surface area (Å²) in [4.78, 5) is 21.2. The van der Waals surface area contributed by atoms with Crippen molar-refractivity contribution in [2.75, 3.05) is 0 Å². The average Bonchev–Trinajstić information content (AvgIpc) is 3.97. The van der Waals surface area contributed by atoms with Crippen molar-refractivity contribution < 1.29 is 4.42 Å². The number of hydrogen-bond acceptors (Lipinski definition) is 5. The van der Waals surface area contributed by atoms with Crippen molar-refractivity contribution in [3.63, 3.8) is 0 Å². The molecular formula is C62H37N5O. The Morgan fingerprint density at radius 1 is 0.324 bits per heavy atom. The minimum atomic E-state index is 0.526. The fraction of sp³-hybridized carbons (Fsp3) is 0. The molecule has 14 rings (SSSR count). The monoisotopic (exact) mass is 867 g/mol. The van der Waals surface area contributed by atoms with Crippen LogP contribution >= 0.6 is 0 Å². The Labute approximate surface area is 390 Å². The summed E-state index contributed by atoms with van der Waals surface area (Å²) in [6, 6.07) is 78.5. The van der Waals surface area contributed by atoms with E-state index in [1.165, 1.54) is 10.8 Å². The van der Waals surface area contributed by atoms with Gasteiger partial charge in [0.25, 0.3) is 0 Å². The number of para-hydroxylation sites is 4. The van der Waals surface area contributed by atoms with Crippen LogP contribution in [-0.4, -0.2) is 24.5 Å². The molecule has 0 aliphatic rings. The van der Waals surface area contributed by atoms with E-state index in [1.54, 1.807) is 0 Å². The first-order valence-corrected chi connectivity index (χ1v) is 22.9. The van der Waals surface area contributed by atoms with E-state index in [2.05, 4.69) is 217 Å². The van der Waals surface area contributed by atoms with Gasteiger partial charge in [0.05, 0.1) is 27.8 Å². The first-order chi connectivity index (χ1) is 33.7. The maximum atomic E-state index is 7.17. The predicted molar refractivity (Wildman–Crippen MR) is 279 cm³/mol. The number of rotatable bonds is 6. The van der Waals surface area contributed by atoms with Crippen molar-refractivity contribution in [1.29, 1.82) is 0 Å². The van der Waals surface area contributed by atoms with E-state index in [9.17, 15) is 0 Å². The minimum absolute atomic E-state index is 0.526. The Balaban J connectivity index is 1.00. The summed E-state index contributed by atoms with van der Waals surface area (Å²) < 4.78 is 9.50. The van der Waals surface area contributed by atoms with E-state index in [-0.39, 0.29) is 0 Å². The van der Waals surface area contributed by atoms with Gasteiger partial charge >= 0.3 is 0 Å². The highest BCUT2D eigenvalue weighted by atomic mass is 16.3. The Morgan fingerprint density at radius 3 is 1.79 bits per heavy atom. The zero-order valence-corrected chi connectivity index (χ0v) is 36.5. The second-order valence-corrected chi connectivity index (χ2v) is 17.4. The van der Waals surface area contributed by atoms with Crippen LogP contribution in [0.4, 0.5) is 0 Å². The van der Waals surface area contributed by atoms with Crippen molar-refractivity contribution in [3.8, 4) is 62.2 Å². The summed E-state index contributed by atoms with van der Waals surface area (Å²) in [6.45, 7) is 0. The molecule has 14 aromatic rings. The van der Waals surface area contributed by atoms with Gasteiger partial charge in [-0.25, -0.2) is 19.9 Å². The number of fused-ring (bicyclic) bond motifs is 11. The number of aromatic nitrogens is 5. The van der Waals surface area contributed by atoms with Gasteiger partial charge in [-0.05, 0) is 88.6 Å². The first-order valence-electron chi connectivity index (χ1n) is 22.9. The lowest BCUT2D eigenvalue weighted by Gasteiger charge is -2.11. The van der Waals surface area contributed by atoms with Crippen LogP contribution in [0, 0.1) is 0 Å². The van der Waals surface area contributed by atoms with Crippen molar-refractivity contribution in [3.05, 3.63) is 224 Å². The van der Waals surface area contributed by atoms with E-state index in [4.69, 9.17) is 24.4 Å². The Kier molecular flexibility index (Phi) is 8.48. The molecule has 0 radical (unpaired) electrons. The summed E-state index contributed by atoms with van der Waals surface area (Å²) in [6.07, 6.45) is 0. The SMILES string of the molecule is c1ccc(-c2nc3ccccc3c3c2ccc2c4cccc(-c5nc(-c6cccc(-c7ccc8ccccc8c7)c6)nc(-c6ccc7c(c6)c6ccccc6n7-c6ccccc6)n5)c4oc23)cc1. The smallest absolute Gasteiger partial charge is 0.167 e. The fourth-order valence-corrected chi connectivity index (χ4v) is 10.2. The molecule has 0 fully saturated rings. The van der Waals surface area contributed by atoms with Gasteiger partial charge in [-0.2, -0.15) is 0 Å². The van der Waals surface area contributed by atoms with Crippen molar-refractivity contribution in [2.24, 2.45) is 0 Å². The summed E-state index contributed by atoms with van der Waals surface area (Å²) in [5.41, 5.74) is 12.5. The largest absolute Gasteiger partial charge is 0.455 e. The highest BCUT2D eigenvalue weighted by molar-refractivity contribution is 6.25. The van der Waals surface area contributed by atoms with Crippen molar-refractivity contribution in [1.82, 2.24) is 24.5 Å². The number of nitrogens with zero attached hydrogens (tertiary/aromatic N) is 5. The van der Waals surface area contributed by atoms with Crippen molar-refractivity contribution >= 4 is 76.2 Å². The summed E-state index contributed by atoms with van der Waals surface area (Å²) in [7, 11) is 0. The van der Waals surface area contributed by atoms with Crippen molar-refractivity contribution in [2.45, 2.75) is 0 Å². The molecule has 0 spiro atoms. The molecule has 6 nitrogen and oxygen atoms in total. The van der Waals surface area contributed by atoms with Crippen LogP contribution in [-0.2, 0) is 0 Å². The molecule has 10 aromatic carbocycles. The molecule has 0 amide bonds. The van der Waals surface area contributed by atoms with Gasteiger partial charge in [0.1, 0.15) is 11.2 Å². The molecule has 0 N–H and O–H groups in total. The third-order valence-electron chi connectivity index (χ3n) is 13.4. The molecule has 0 bridgehead atoms. The lowest BCUT2D eigenvalue weighted by atomic mass is 9.97. The van der Waals surface area contributed by atoms with Crippen LogP contribution in [0.3, 0.4) is 0 Å². The maximum absolute atomic E-state index is 7.17. The van der Waals surface area contributed by atoms with Gasteiger partial charge in [-0.15, -0.1) is 0 Å². The number of pyridine rings is 1. The molecule has 0 saturated carbocycles. The quantitative estimate of drug-likeness (QED) is 0.156. The molecule has 0 unspecified atom stereocenters. The zero-order chi connectivity index (χ0) is 44.7. The minimum Gasteiger partial charge on any atom is -0.455 e. The number of hydrogen-bond donors (Lipinski definition) is 0. The summed E-state index contributed by atoms with van der Waals surface area (Å²) in [5, 5.41) is 9.76. The van der Waals surface area contributed by atoms with Crippen LogP contribution in [0.5, 0.6) is 0 Å². The number of benzene rings is 10. The molecule has 0 aliphatic heterocycles. The lowest BCUT2D eigenvalue weighted by molar-refractivity contribution is 0.673. The Bertz CT molecular complexity index is 4330. The molecule has 6 heteroatoms. The fourth-order valence-electron chi connectivity index (χ4n) is 10.2. The number of furan rings is 1. The van der Waals surface area contributed by atoms with E-state index in [0.29, 0.717) is 23.1 Å². The van der Waals surface area contributed by atoms with Crippen LogP contribution in [0.15, 0.2) is 229 Å². The van der Waals surface area contributed by atoms with Gasteiger partial charge in [-0.1, -0.05) is 158 Å². The normalized spacial score (nSPS) is 11.8. The second kappa shape index (κ2) is 15.2. The maximum Gasteiger partial charge on any atom is 0.167 e. The lowest BCUT2D eigenvalue weighted by Crippen LogP contribution is -2.00. The average molecular weight is 868 g/mol. The first kappa shape index (κ1) is 38.1. The topological polar surface area (TPSA) is 69.6 Å². The molecule has 0 atom stereocenters. The highest BCUT2D eigenvalue weighted by Gasteiger charge is 2.22. The highest BCUT2D eigenvalue weighted by Crippen LogP contribution is 2.43. The Morgan fingerprint density at radius 2 is 0.926 bits per heavy atom. The third kappa shape index (κ3) is 6.05. The predicted octanol–water partition coefficient (Wildman–Crippen LogP) is 16.1. The summed E-state index contributed by atoms with van der Waals surface area (Å²) >= 11 is 0. The van der Waals surface area contributed by atoms with Crippen LogP contribution < -0.4 is 0 Å². The molecule has 316 valence electrons. The molecule has 0 saturated heterocycles. The van der Waals surface area contributed by atoms with Gasteiger partial charge in [0, 0.05) is 60.1 Å². The van der Waals surface area contributed by atoms with Gasteiger partial charge < -0.3 is 8.98 Å². The van der Waals surface area contributed by atoms with Gasteiger partial charge in [-0.3, -0.25) is 0 Å². The van der Waals surface area contributed by atoms with Gasteiger partial charge in [0.15, 0.2) is 17.5 Å². The van der Waals surface area contributed by atoms with E-state index in [0.717, 1.165) is 105 Å². The second-order valence-electron chi connectivity index (χ2n) is 17.4. The van der Waals surface area contributed by atoms with E-state index in [1.807, 2.05) is 12.1 Å². The van der Waals surface area contributed by atoms with Gasteiger partial charge in [0.2, 0.25) is 0 Å². The van der Waals surface area contributed by atoms with E-state index < -0.39 is 0 Å². The molecular weight excluding hydrogens is 831 g/mol. The third-order valence-corrected chi connectivity index (χ3v) is 13.4. The zero-order valence-electron chi connectivity index (χ0n) is 36.5. The van der Waals surface area contributed by atoms with Crippen LogP contribution in [0.1, 0.15) is 0 Å². The standard InChI is InChI=1S/C62H37N5O/c1-3-16-39(17-4-1)57-50-33-32-48-47-25-14-26-51(58(47)68-59(48)56(50)49-24-9-11-27-53(49)63-57)62-65-60(43-20-13-19-41(36-43)42-30-29-38-15-7-8-18-40(38)35-42)64-61(66-62)44-31-34-55-52(37-44)46-23-10-12-28-54(46)67(55)45-21-5-2-6-22-45/h1-37H. The Hall–Kier alpha value is -9.26. The summed E-state index contributed by atoms with van der Waals surface area (Å²) in [5.74, 6) is 1.67.